The number of hydrogen-bond donors (Lipinski definition) is 0. The van der Waals surface area contributed by atoms with E-state index in [9.17, 15) is 9.59 Å². The van der Waals surface area contributed by atoms with Gasteiger partial charge in [-0.3, -0.25) is 4.79 Å². The first kappa shape index (κ1) is 12.9. The first-order valence-corrected chi connectivity index (χ1v) is 6.41. The van der Waals surface area contributed by atoms with Crippen LogP contribution < -0.4 is 0 Å². The molecule has 0 unspecified atom stereocenters. The highest BCUT2D eigenvalue weighted by molar-refractivity contribution is 5.83. The molecule has 2 aliphatic rings. The summed E-state index contributed by atoms with van der Waals surface area (Å²) in [5, 5.41) is 0. The largest absolute Gasteiger partial charge is 0.454 e. The Labute approximate surface area is 116 Å². The summed E-state index contributed by atoms with van der Waals surface area (Å²) in [7, 11) is 0. The van der Waals surface area contributed by atoms with Gasteiger partial charge in [0, 0.05) is 13.0 Å². The zero-order chi connectivity index (χ0) is 14.1. The highest BCUT2D eigenvalue weighted by Crippen LogP contribution is 2.43. The lowest BCUT2D eigenvalue weighted by atomic mass is 10.0. The van der Waals surface area contributed by atoms with E-state index in [4.69, 9.17) is 14.2 Å². The molecule has 0 spiro atoms. The molecule has 20 heavy (non-hydrogen) atoms. The molecule has 0 aromatic heterocycles. The van der Waals surface area contributed by atoms with Gasteiger partial charge in [-0.15, -0.1) is 0 Å². The number of ether oxygens (including phenoxy) is 3. The van der Waals surface area contributed by atoms with E-state index in [2.05, 4.69) is 0 Å². The SMILES string of the molecule is CC(=O)O[C@H]1C=CC(=O)O[C@H]1[C@@H]1O[C@H]1c1ccccc1. The van der Waals surface area contributed by atoms with Gasteiger partial charge in [-0.05, 0) is 11.6 Å². The Morgan fingerprint density at radius 3 is 2.65 bits per heavy atom. The van der Waals surface area contributed by atoms with Gasteiger partial charge in [-0.1, -0.05) is 30.3 Å². The van der Waals surface area contributed by atoms with E-state index >= 15 is 0 Å². The van der Waals surface area contributed by atoms with Crippen LogP contribution >= 0.6 is 0 Å². The molecular formula is C15H14O5. The third-order valence-electron chi connectivity index (χ3n) is 3.28. The summed E-state index contributed by atoms with van der Waals surface area (Å²) >= 11 is 0. The number of rotatable bonds is 3. The van der Waals surface area contributed by atoms with E-state index < -0.39 is 24.1 Å². The molecule has 3 rings (SSSR count). The standard InChI is InChI=1S/C15H14O5/c1-9(16)18-11-7-8-12(17)19-14(11)15-13(20-15)10-5-3-2-4-6-10/h2-8,11,13-15H,1H3/t11-,13-,14+,15+/m0/s1. The van der Waals surface area contributed by atoms with Gasteiger partial charge in [-0.25, -0.2) is 4.79 Å². The molecule has 1 fully saturated rings. The van der Waals surface area contributed by atoms with Crippen LogP contribution in [0.3, 0.4) is 0 Å². The van der Waals surface area contributed by atoms with Crippen molar-refractivity contribution in [2.45, 2.75) is 31.3 Å². The second kappa shape index (κ2) is 5.09. The van der Waals surface area contributed by atoms with Gasteiger partial charge in [0.1, 0.15) is 12.2 Å². The lowest BCUT2D eigenvalue weighted by Gasteiger charge is -2.25. The molecule has 5 heteroatoms. The number of hydrogen-bond acceptors (Lipinski definition) is 5. The first-order valence-electron chi connectivity index (χ1n) is 6.41. The average molecular weight is 274 g/mol. The summed E-state index contributed by atoms with van der Waals surface area (Å²) < 4.78 is 16.0. The topological polar surface area (TPSA) is 65.1 Å². The Bertz CT molecular complexity index is 551. The van der Waals surface area contributed by atoms with Crippen molar-refractivity contribution in [2.24, 2.45) is 0 Å². The first-order chi connectivity index (χ1) is 9.65. The van der Waals surface area contributed by atoms with Gasteiger partial charge in [0.2, 0.25) is 0 Å². The molecule has 2 aliphatic heterocycles. The van der Waals surface area contributed by atoms with Crippen LogP contribution in [-0.4, -0.2) is 30.3 Å². The number of esters is 2. The van der Waals surface area contributed by atoms with E-state index in [0.29, 0.717) is 0 Å². The van der Waals surface area contributed by atoms with Crippen LogP contribution in [0.25, 0.3) is 0 Å². The van der Waals surface area contributed by atoms with Crippen LogP contribution in [0.15, 0.2) is 42.5 Å². The molecule has 0 aliphatic carbocycles. The minimum absolute atomic E-state index is 0.126. The number of cyclic esters (lactones) is 1. The summed E-state index contributed by atoms with van der Waals surface area (Å²) in [5.41, 5.74) is 1.02. The molecule has 1 aromatic carbocycles. The molecule has 0 bridgehead atoms. The van der Waals surface area contributed by atoms with Crippen LogP contribution in [-0.2, 0) is 23.8 Å². The highest BCUT2D eigenvalue weighted by Gasteiger charge is 2.52. The number of carbonyl (C=O) groups excluding carboxylic acids is 2. The number of epoxide rings is 1. The van der Waals surface area contributed by atoms with Crippen molar-refractivity contribution in [3.05, 3.63) is 48.0 Å². The third kappa shape index (κ3) is 2.58. The summed E-state index contributed by atoms with van der Waals surface area (Å²) in [4.78, 5) is 22.5. The van der Waals surface area contributed by atoms with Gasteiger partial charge in [0.05, 0.1) is 0 Å². The minimum atomic E-state index is -0.596. The molecule has 0 radical (unpaired) electrons. The molecule has 1 aromatic rings. The predicted molar refractivity (Wildman–Crippen MR) is 68.6 cm³/mol. The van der Waals surface area contributed by atoms with Crippen LogP contribution in [0.5, 0.6) is 0 Å². The lowest BCUT2D eigenvalue weighted by molar-refractivity contribution is -0.163. The number of benzene rings is 1. The predicted octanol–water partition coefficient (Wildman–Crippen LogP) is 1.54. The zero-order valence-corrected chi connectivity index (χ0v) is 10.9. The molecule has 1 saturated heterocycles. The average Bonchev–Trinajstić information content (AvgIpc) is 3.21. The highest BCUT2D eigenvalue weighted by atomic mass is 16.6. The Balaban J connectivity index is 1.74. The van der Waals surface area contributed by atoms with Crippen molar-refractivity contribution in [3.63, 3.8) is 0 Å². The van der Waals surface area contributed by atoms with Crippen LogP contribution in [0.1, 0.15) is 18.6 Å². The number of carbonyl (C=O) groups is 2. The third-order valence-corrected chi connectivity index (χ3v) is 3.28. The molecule has 0 saturated carbocycles. The minimum Gasteiger partial charge on any atom is -0.454 e. The summed E-state index contributed by atoms with van der Waals surface area (Å²) in [6.07, 6.45) is 1.21. The van der Waals surface area contributed by atoms with Gasteiger partial charge in [-0.2, -0.15) is 0 Å². The lowest BCUT2D eigenvalue weighted by Crippen LogP contribution is -2.40. The van der Waals surface area contributed by atoms with Crippen LogP contribution in [0.2, 0.25) is 0 Å². The summed E-state index contributed by atoms with van der Waals surface area (Å²) in [6, 6.07) is 9.67. The van der Waals surface area contributed by atoms with E-state index in [-0.39, 0.29) is 12.2 Å². The van der Waals surface area contributed by atoms with E-state index in [1.165, 1.54) is 13.0 Å². The van der Waals surface area contributed by atoms with Gasteiger partial charge >= 0.3 is 11.9 Å². The van der Waals surface area contributed by atoms with Crippen LogP contribution in [0, 0.1) is 0 Å². The zero-order valence-electron chi connectivity index (χ0n) is 10.9. The smallest absolute Gasteiger partial charge is 0.331 e. The van der Waals surface area contributed by atoms with E-state index in [0.717, 1.165) is 5.56 Å². The molecular weight excluding hydrogens is 260 g/mol. The van der Waals surface area contributed by atoms with Crippen molar-refractivity contribution >= 4 is 11.9 Å². The maximum absolute atomic E-state index is 11.4. The van der Waals surface area contributed by atoms with Crippen molar-refractivity contribution in [1.29, 1.82) is 0 Å². The second-order valence-corrected chi connectivity index (χ2v) is 4.77. The van der Waals surface area contributed by atoms with Crippen molar-refractivity contribution in [3.8, 4) is 0 Å². The molecule has 104 valence electrons. The summed E-state index contributed by atoms with van der Waals surface area (Å²) in [6.45, 7) is 1.32. The fraction of sp³-hybridized carbons (Fsp3) is 0.333. The maximum Gasteiger partial charge on any atom is 0.331 e. The fourth-order valence-corrected chi connectivity index (χ4v) is 2.36. The Hall–Kier alpha value is -2.14. The molecule has 2 heterocycles. The monoisotopic (exact) mass is 274 g/mol. The Kier molecular flexibility index (Phi) is 3.28. The van der Waals surface area contributed by atoms with Crippen molar-refractivity contribution in [2.75, 3.05) is 0 Å². The van der Waals surface area contributed by atoms with Crippen molar-refractivity contribution < 1.29 is 23.8 Å². The van der Waals surface area contributed by atoms with Crippen LogP contribution in [0.4, 0.5) is 0 Å². The van der Waals surface area contributed by atoms with Gasteiger partial charge in [0.25, 0.3) is 0 Å². The molecule has 0 amide bonds. The maximum atomic E-state index is 11.4. The fourth-order valence-electron chi connectivity index (χ4n) is 2.36. The normalized spacial score (nSPS) is 31.6. The quantitative estimate of drug-likeness (QED) is 0.618. The van der Waals surface area contributed by atoms with Gasteiger partial charge < -0.3 is 14.2 Å². The van der Waals surface area contributed by atoms with Gasteiger partial charge in [0.15, 0.2) is 12.2 Å². The molecule has 5 nitrogen and oxygen atoms in total. The molecule has 4 atom stereocenters. The van der Waals surface area contributed by atoms with E-state index in [1.54, 1.807) is 6.08 Å². The Morgan fingerprint density at radius 1 is 1.20 bits per heavy atom. The second-order valence-electron chi connectivity index (χ2n) is 4.77. The molecule has 0 N–H and O–H groups in total. The van der Waals surface area contributed by atoms with Crippen molar-refractivity contribution in [1.82, 2.24) is 0 Å². The van der Waals surface area contributed by atoms with E-state index in [1.807, 2.05) is 30.3 Å². The summed E-state index contributed by atoms with van der Waals surface area (Å²) in [5.74, 6) is -0.861. The Morgan fingerprint density at radius 2 is 1.95 bits per heavy atom.